The maximum atomic E-state index is 14.3. The highest BCUT2D eigenvalue weighted by atomic mass is 16.4. The molecule has 18 nitrogen and oxygen atoms in total. The van der Waals surface area contributed by atoms with Crippen molar-refractivity contribution >= 4 is 47.3 Å². The van der Waals surface area contributed by atoms with E-state index in [1.165, 1.54) is 9.80 Å². The van der Waals surface area contributed by atoms with Gasteiger partial charge in [-0.15, -0.1) is 0 Å². The second-order valence-corrected chi connectivity index (χ2v) is 18.7. The van der Waals surface area contributed by atoms with E-state index in [-0.39, 0.29) is 68.9 Å². The van der Waals surface area contributed by atoms with Crippen LogP contribution in [0.5, 0.6) is 0 Å². The van der Waals surface area contributed by atoms with Gasteiger partial charge < -0.3 is 52.3 Å². The zero-order valence-corrected chi connectivity index (χ0v) is 38.9. The summed E-state index contributed by atoms with van der Waals surface area (Å²) in [5.74, 6) is -5.73. The van der Waals surface area contributed by atoms with Crippen LogP contribution in [0.25, 0.3) is 0 Å². The Balaban J connectivity index is 1.82. The Hall–Kier alpha value is -5.10. The zero-order chi connectivity index (χ0) is 47.8. The van der Waals surface area contributed by atoms with Gasteiger partial charge in [-0.25, -0.2) is 4.79 Å². The number of benzene rings is 1. The quantitative estimate of drug-likeness (QED) is 0.0731. The first kappa shape index (κ1) is 53.2. The van der Waals surface area contributed by atoms with Crippen LogP contribution < -0.4 is 32.3 Å². The van der Waals surface area contributed by atoms with Gasteiger partial charge in [0.05, 0.1) is 12.6 Å². The first-order chi connectivity index (χ1) is 30.2. The third-order valence-electron chi connectivity index (χ3n) is 11.9. The van der Waals surface area contributed by atoms with E-state index in [9.17, 15) is 48.6 Å². The number of amides is 7. The molecule has 2 aliphatic rings. The lowest BCUT2D eigenvalue weighted by Gasteiger charge is -2.32. The normalized spacial score (nSPS) is 19.6. The van der Waals surface area contributed by atoms with Crippen LogP contribution in [0.4, 0.5) is 0 Å². The van der Waals surface area contributed by atoms with E-state index in [0.29, 0.717) is 31.2 Å². The number of nitrogens with one attached hydrogen (secondary N) is 5. The summed E-state index contributed by atoms with van der Waals surface area (Å²) in [6, 6.07) is 0.175. The minimum Gasteiger partial charge on any atom is -0.480 e. The third kappa shape index (κ3) is 15.6. The van der Waals surface area contributed by atoms with Crippen molar-refractivity contribution in [2.75, 3.05) is 19.7 Å². The molecule has 358 valence electrons. The largest absolute Gasteiger partial charge is 0.480 e. The molecular weight excluding hydrogens is 825 g/mol. The van der Waals surface area contributed by atoms with Crippen LogP contribution in [-0.4, -0.2) is 135 Å². The molecule has 1 aromatic rings. The molecule has 64 heavy (non-hydrogen) atoms. The van der Waals surface area contributed by atoms with Gasteiger partial charge in [-0.3, -0.25) is 33.6 Å². The van der Waals surface area contributed by atoms with Gasteiger partial charge in [0.15, 0.2) is 0 Å². The summed E-state index contributed by atoms with van der Waals surface area (Å²) in [5, 5.41) is 33.6. The first-order valence-electron chi connectivity index (χ1n) is 22.9. The van der Waals surface area contributed by atoms with E-state index in [4.69, 9.17) is 5.73 Å². The fourth-order valence-corrected chi connectivity index (χ4v) is 8.20. The number of aliphatic carboxylic acids is 1. The van der Waals surface area contributed by atoms with Crippen LogP contribution in [0, 0.1) is 23.7 Å². The predicted octanol–water partition coefficient (Wildman–Crippen LogP) is 1.22. The number of rotatable bonds is 24. The molecule has 0 aromatic heterocycles. The maximum absolute atomic E-state index is 14.3. The van der Waals surface area contributed by atoms with Crippen LogP contribution >= 0.6 is 0 Å². The number of nitrogens with zero attached hydrogens (tertiary/aromatic N) is 2. The van der Waals surface area contributed by atoms with Crippen molar-refractivity contribution in [3.05, 3.63) is 35.9 Å². The molecule has 2 fully saturated rings. The topological polar surface area (TPSA) is 270 Å². The molecule has 9 N–H and O–H groups in total. The lowest BCUT2D eigenvalue weighted by Crippen LogP contribution is -2.60. The molecule has 3 rings (SSSR count). The monoisotopic (exact) mass is 899 g/mol. The van der Waals surface area contributed by atoms with Crippen molar-refractivity contribution in [2.24, 2.45) is 29.4 Å². The average molecular weight is 899 g/mol. The predicted molar refractivity (Wildman–Crippen MR) is 240 cm³/mol. The van der Waals surface area contributed by atoms with E-state index in [0.717, 1.165) is 0 Å². The van der Waals surface area contributed by atoms with E-state index in [1.54, 1.807) is 30.3 Å². The highest BCUT2D eigenvalue weighted by Gasteiger charge is 2.42. The Morgan fingerprint density at radius 3 is 1.55 bits per heavy atom. The second-order valence-electron chi connectivity index (χ2n) is 18.7. The second kappa shape index (κ2) is 25.4. The third-order valence-corrected chi connectivity index (χ3v) is 11.9. The molecule has 0 spiro atoms. The molecule has 2 heterocycles. The molecule has 1 aromatic carbocycles. The van der Waals surface area contributed by atoms with Gasteiger partial charge in [-0.1, -0.05) is 92.1 Å². The smallest absolute Gasteiger partial charge is 0.326 e. The van der Waals surface area contributed by atoms with Crippen LogP contribution in [0.3, 0.4) is 0 Å². The Morgan fingerprint density at radius 1 is 0.625 bits per heavy atom. The Labute approximate surface area is 378 Å². The number of hydrogen-bond acceptors (Lipinski definition) is 10. The summed E-state index contributed by atoms with van der Waals surface area (Å²) >= 11 is 0. The van der Waals surface area contributed by atoms with Crippen molar-refractivity contribution in [3.63, 3.8) is 0 Å². The van der Waals surface area contributed by atoms with Crippen molar-refractivity contribution in [2.45, 2.75) is 162 Å². The number of aliphatic hydroxyl groups is 1. The minimum absolute atomic E-state index is 0.00554. The summed E-state index contributed by atoms with van der Waals surface area (Å²) in [7, 11) is 0. The molecule has 7 amide bonds. The lowest BCUT2D eigenvalue weighted by molar-refractivity contribution is -0.145. The molecule has 0 aliphatic carbocycles. The Kier molecular flexibility index (Phi) is 21.1. The van der Waals surface area contributed by atoms with Gasteiger partial charge in [0.1, 0.15) is 42.3 Å². The van der Waals surface area contributed by atoms with E-state index in [1.807, 2.05) is 55.4 Å². The fourth-order valence-electron chi connectivity index (χ4n) is 8.20. The number of aliphatic hydroxyl groups excluding tert-OH is 1. The van der Waals surface area contributed by atoms with Gasteiger partial charge in [-0.05, 0) is 74.2 Å². The van der Waals surface area contributed by atoms with Gasteiger partial charge in [-0.2, -0.15) is 0 Å². The van der Waals surface area contributed by atoms with Crippen LogP contribution in [-0.2, 0) is 44.8 Å². The lowest BCUT2D eigenvalue weighted by atomic mass is 9.97. The van der Waals surface area contributed by atoms with Crippen molar-refractivity contribution < 1.29 is 48.6 Å². The zero-order valence-electron chi connectivity index (χ0n) is 38.9. The SMILES string of the molecule is CCC(C)C(N)C(=O)NC(CC(C)C)C(=O)NC(CO)C(=O)N1CCCC1C(=O)NC(Cc1ccccc1)C(=O)NC(CC(C)C)C(=O)N1CCCC1C(=O)NC(CC(C)C)C(=O)O. The van der Waals surface area contributed by atoms with Crippen LogP contribution in [0.1, 0.15) is 112 Å². The van der Waals surface area contributed by atoms with Crippen LogP contribution in [0.2, 0.25) is 0 Å². The van der Waals surface area contributed by atoms with Crippen molar-refractivity contribution in [1.29, 1.82) is 0 Å². The molecule has 2 saturated heterocycles. The summed E-state index contributed by atoms with van der Waals surface area (Å²) in [4.78, 5) is 111. The highest BCUT2D eigenvalue weighted by molar-refractivity contribution is 5.98. The molecule has 9 unspecified atom stereocenters. The van der Waals surface area contributed by atoms with Gasteiger partial charge in [0.2, 0.25) is 41.4 Å². The molecule has 0 saturated carbocycles. The van der Waals surface area contributed by atoms with Crippen LogP contribution in [0.15, 0.2) is 30.3 Å². The summed E-state index contributed by atoms with van der Waals surface area (Å²) in [6.07, 6.45) is 2.80. The Bertz CT molecular complexity index is 1760. The molecule has 18 heteroatoms. The molecule has 0 radical (unpaired) electrons. The minimum atomic E-state index is -1.44. The summed E-state index contributed by atoms with van der Waals surface area (Å²) in [6.45, 7) is 14.5. The summed E-state index contributed by atoms with van der Waals surface area (Å²) in [5.41, 5.74) is 6.83. The number of nitrogens with two attached hydrogens (primary N) is 1. The van der Waals surface area contributed by atoms with Gasteiger partial charge >= 0.3 is 5.97 Å². The number of hydrogen-bond donors (Lipinski definition) is 8. The van der Waals surface area contributed by atoms with E-state index >= 15 is 0 Å². The van der Waals surface area contributed by atoms with Gasteiger partial charge in [0, 0.05) is 19.5 Å². The standard InChI is InChI=1S/C46H74N8O10/c1-9-29(8)38(47)43(60)49-31(21-26(2)3)39(56)52-35(25-55)45(62)54-20-14-17-36(54)41(58)48-32(24-30-15-11-10-12-16-30)40(57)50-33(22-27(4)5)44(61)53-19-13-18-37(53)42(59)51-34(46(63)64)23-28(6)7/h10-12,15-16,26-29,31-38,55H,9,13-14,17-25,47H2,1-8H3,(H,48,58)(H,49,60)(H,50,57)(H,51,59)(H,52,56)(H,63,64). The Morgan fingerprint density at radius 2 is 1.06 bits per heavy atom. The summed E-state index contributed by atoms with van der Waals surface area (Å²) < 4.78 is 0. The average Bonchev–Trinajstić information content (AvgIpc) is 3.94. The molecule has 2 aliphatic heterocycles. The fraction of sp³-hybridized carbons (Fsp3) is 0.696. The van der Waals surface area contributed by atoms with Gasteiger partial charge in [0.25, 0.3) is 0 Å². The molecule has 0 bridgehead atoms. The number of carboxylic acid groups (broad SMARTS) is 1. The van der Waals surface area contributed by atoms with E-state index < -0.39 is 102 Å². The number of carbonyl (C=O) groups is 8. The maximum Gasteiger partial charge on any atom is 0.326 e. The molecular formula is C46H74N8O10. The van der Waals surface area contributed by atoms with Crippen molar-refractivity contribution in [3.8, 4) is 0 Å². The van der Waals surface area contributed by atoms with E-state index in [2.05, 4.69) is 26.6 Å². The number of carbonyl (C=O) groups excluding carboxylic acids is 7. The number of likely N-dealkylation sites (tertiary alicyclic amines) is 2. The highest BCUT2D eigenvalue weighted by Crippen LogP contribution is 2.23. The first-order valence-corrected chi connectivity index (χ1v) is 22.9. The molecule has 9 atom stereocenters. The van der Waals surface area contributed by atoms with Crippen molar-refractivity contribution in [1.82, 2.24) is 36.4 Å². The number of carboxylic acids is 1.